The number of likely N-dealkylation sites (tertiary alicyclic amines) is 1. The monoisotopic (exact) mass is 311 g/mol. The molecule has 1 fully saturated rings. The maximum absolute atomic E-state index is 12.1. The molecule has 1 saturated heterocycles. The molecular weight excluding hydrogens is 290 g/mol. The Balaban J connectivity index is 1.56. The molecule has 2 aromatic rings. The second kappa shape index (κ2) is 7.24. The van der Waals surface area contributed by atoms with Gasteiger partial charge in [0.2, 0.25) is 0 Å². The smallest absolute Gasteiger partial charge is 0.321 e. The lowest BCUT2D eigenvalue weighted by atomic mass is 10.1. The van der Waals surface area contributed by atoms with Crippen molar-refractivity contribution in [1.29, 1.82) is 0 Å². The minimum atomic E-state index is -0.398. The summed E-state index contributed by atoms with van der Waals surface area (Å²) in [6.45, 7) is 3.51. The lowest BCUT2D eigenvalue weighted by Gasteiger charge is -2.14. The summed E-state index contributed by atoms with van der Waals surface area (Å²) in [7, 11) is 0. The van der Waals surface area contributed by atoms with Crippen LogP contribution in [0.4, 0.5) is 5.69 Å². The highest BCUT2D eigenvalue weighted by Gasteiger charge is 2.15. The summed E-state index contributed by atoms with van der Waals surface area (Å²) in [5.74, 6) is -0.398. The van der Waals surface area contributed by atoms with E-state index in [-0.39, 0.29) is 5.69 Å². The third kappa shape index (κ3) is 4.07. The largest absolute Gasteiger partial charge is 0.618 e. The van der Waals surface area contributed by atoms with Crippen molar-refractivity contribution in [1.82, 2.24) is 4.90 Å². The Morgan fingerprint density at radius 2 is 1.87 bits per heavy atom. The summed E-state index contributed by atoms with van der Waals surface area (Å²) < 4.78 is 0.569. The molecule has 2 heterocycles. The van der Waals surface area contributed by atoms with Gasteiger partial charge in [0.25, 0.3) is 5.69 Å². The molecule has 1 N–H and O–H groups in total. The summed E-state index contributed by atoms with van der Waals surface area (Å²) in [5.41, 5.74) is 2.04. The van der Waals surface area contributed by atoms with E-state index in [1.54, 1.807) is 12.1 Å². The Labute approximate surface area is 136 Å². The number of hydrogen-bond acceptors (Lipinski definition) is 3. The lowest BCUT2D eigenvalue weighted by molar-refractivity contribution is -0.607. The van der Waals surface area contributed by atoms with E-state index >= 15 is 0 Å². The summed E-state index contributed by atoms with van der Waals surface area (Å²) >= 11 is 0. The number of benzene rings is 1. The summed E-state index contributed by atoms with van der Waals surface area (Å²) in [6.07, 6.45) is 4.96. The van der Waals surface area contributed by atoms with Crippen LogP contribution in [0.1, 0.15) is 28.9 Å². The van der Waals surface area contributed by atoms with Crippen LogP contribution in [-0.4, -0.2) is 30.4 Å². The van der Waals surface area contributed by atoms with Gasteiger partial charge in [-0.2, -0.15) is 4.73 Å². The molecule has 1 aliphatic rings. The standard InChI is InChI=1S/C18H21N3O2/c22-18(17-5-1-2-13-21(17)23)19-16-8-6-15(7-9-16)10-14-20-11-3-4-12-20/h1-2,5-9,13H,3-4,10-12,14H2,(H,19,22). The fourth-order valence-electron chi connectivity index (χ4n) is 2.85. The number of pyridine rings is 1. The predicted molar refractivity (Wildman–Crippen MR) is 89.2 cm³/mol. The van der Waals surface area contributed by atoms with Crippen LogP contribution in [0, 0.1) is 5.21 Å². The van der Waals surface area contributed by atoms with Crippen LogP contribution >= 0.6 is 0 Å². The molecule has 1 aromatic heterocycles. The zero-order valence-electron chi connectivity index (χ0n) is 13.1. The van der Waals surface area contributed by atoms with Crippen LogP contribution < -0.4 is 10.0 Å². The van der Waals surface area contributed by atoms with E-state index in [1.807, 2.05) is 24.3 Å². The van der Waals surface area contributed by atoms with Crippen molar-refractivity contribution in [2.75, 3.05) is 25.0 Å². The van der Waals surface area contributed by atoms with Crippen LogP contribution in [0.15, 0.2) is 48.7 Å². The molecule has 5 heteroatoms. The number of carbonyl (C=O) groups excluding carboxylic acids is 1. The fourth-order valence-corrected chi connectivity index (χ4v) is 2.85. The van der Waals surface area contributed by atoms with Crippen LogP contribution in [-0.2, 0) is 6.42 Å². The molecule has 0 unspecified atom stereocenters. The summed E-state index contributed by atoms with van der Waals surface area (Å²) in [6, 6.07) is 12.6. The van der Waals surface area contributed by atoms with E-state index in [0.717, 1.165) is 13.0 Å². The number of nitrogens with zero attached hydrogens (tertiary/aromatic N) is 2. The highest BCUT2D eigenvalue weighted by molar-refractivity contribution is 6.01. The Kier molecular flexibility index (Phi) is 4.88. The molecule has 0 aliphatic carbocycles. The van der Waals surface area contributed by atoms with Crippen molar-refractivity contribution in [3.63, 3.8) is 0 Å². The average molecular weight is 311 g/mol. The summed E-state index contributed by atoms with van der Waals surface area (Å²) in [5, 5.41) is 14.3. The summed E-state index contributed by atoms with van der Waals surface area (Å²) in [4.78, 5) is 14.6. The van der Waals surface area contributed by atoms with Crippen molar-refractivity contribution >= 4 is 11.6 Å². The molecule has 120 valence electrons. The topological polar surface area (TPSA) is 59.3 Å². The molecule has 1 aromatic carbocycles. The van der Waals surface area contributed by atoms with Gasteiger partial charge in [-0.25, -0.2) is 0 Å². The fraction of sp³-hybridized carbons (Fsp3) is 0.333. The quantitative estimate of drug-likeness (QED) is 0.680. The van der Waals surface area contributed by atoms with Crippen molar-refractivity contribution in [3.8, 4) is 0 Å². The Hall–Kier alpha value is -2.40. The SMILES string of the molecule is O=C(Nc1ccc(CCN2CCCC2)cc1)c1cccc[n+]1[O-]. The first-order valence-electron chi connectivity index (χ1n) is 8.03. The molecular formula is C18H21N3O2. The normalized spacial score (nSPS) is 14.8. The van der Waals surface area contributed by atoms with Crippen LogP contribution in [0.25, 0.3) is 0 Å². The molecule has 0 saturated carbocycles. The van der Waals surface area contributed by atoms with E-state index < -0.39 is 5.91 Å². The molecule has 0 radical (unpaired) electrons. The van der Waals surface area contributed by atoms with Gasteiger partial charge in [0.15, 0.2) is 6.20 Å². The van der Waals surface area contributed by atoms with E-state index in [0.29, 0.717) is 10.4 Å². The molecule has 0 atom stereocenters. The van der Waals surface area contributed by atoms with Gasteiger partial charge >= 0.3 is 5.91 Å². The van der Waals surface area contributed by atoms with Crippen molar-refractivity contribution in [2.45, 2.75) is 19.3 Å². The van der Waals surface area contributed by atoms with E-state index in [1.165, 1.54) is 43.8 Å². The zero-order valence-corrected chi connectivity index (χ0v) is 13.1. The van der Waals surface area contributed by atoms with Crippen LogP contribution in [0.2, 0.25) is 0 Å². The minimum absolute atomic E-state index is 0.0885. The van der Waals surface area contributed by atoms with Crippen molar-refractivity contribution in [3.05, 3.63) is 65.1 Å². The molecule has 0 spiro atoms. The number of hydrogen-bond donors (Lipinski definition) is 1. The van der Waals surface area contributed by atoms with Gasteiger partial charge in [-0.3, -0.25) is 4.79 Å². The van der Waals surface area contributed by atoms with Crippen LogP contribution in [0.5, 0.6) is 0 Å². The number of anilines is 1. The predicted octanol–water partition coefficient (Wildman–Crippen LogP) is 2.21. The third-order valence-corrected chi connectivity index (χ3v) is 4.18. The van der Waals surface area contributed by atoms with Gasteiger partial charge in [-0.05, 0) is 56.1 Å². The van der Waals surface area contributed by atoms with Crippen molar-refractivity contribution in [2.24, 2.45) is 0 Å². The number of carbonyl (C=O) groups is 1. The average Bonchev–Trinajstić information content (AvgIpc) is 3.08. The van der Waals surface area contributed by atoms with Gasteiger partial charge in [-0.1, -0.05) is 12.1 Å². The van der Waals surface area contributed by atoms with Gasteiger partial charge in [0.05, 0.1) is 0 Å². The molecule has 23 heavy (non-hydrogen) atoms. The first-order valence-corrected chi connectivity index (χ1v) is 8.03. The first-order chi connectivity index (χ1) is 11.2. The molecule has 0 bridgehead atoms. The highest BCUT2D eigenvalue weighted by atomic mass is 16.5. The maximum atomic E-state index is 12.1. The zero-order chi connectivity index (χ0) is 16.1. The van der Waals surface area contributed by atoms with E-state index in [4.69, 9.17) is 0 Å². The van der Waals surface area contributed by atoms with Gasteiger partial charge in [0.1, 0.15) is 0 Å². The first kappa shape index (κ1) is 15.5. The van der Waals surface area contributed by atoms with Gasteiger partial charge in [0, 0.05) is 24.4 Å². The maximum Gasteiger partial charge on any atom is 0.321 e. The number of rotatable bonds is 5. The number of amides is 1. The molecule has 1 amide bonds. The second-order valence-electron chi connectivity index (χ2n) is 5.86. The highest BCUT2D eigenvalue weighted by Crippen LogP contribution is 2.13. The molecule has 5 nitrogen and oxygen atoms in total. The Bertz CT molecular complexity index is 664. The lowest BCUT2D eigenvalue weighted by Crippen LogP contribution is -2.36. The number of nitrogens with one attached hydrogen (secondary N) is 1. The Morgan fingerprint density at radius 3 is 2.57 bits per heavy atom. The van der Waals surface area contributed by atoms with Gasteiger partial charge < -0.3 is 15.4 Å². The van der Waals surface area contributed by atoms with E-state index in [2.05, 4.69) is 10.2 Å². The van der Waals surface area contributed by atoms with E-state index in [9.17, 15) is 10.0 Å². The minimum Gasteiger partial charge on any atom is -0.618 e. The third-order valence-electron chi connectivity index (χ3n) is 4.18. The second-order valence-corrected chi connectivity index (χ2v) is 5.86. The van der Waals surface area contributed by atoms with Crippen molar-refractivity contribution < 1.29 is 9.52 Å². The molecule has 1 aliphatic heterocycles. The molecule has 3 rings (SSSR count). The van der Waals surface area contributed by atoms with Crippen LogP contribution in [0.3, 0.4) is 0 Å². The Morgan fingerprint density at radius 1 is 1.13 bits per heavy atom. The number of aromatic nitrogens is 1. The van der Waals surface area contributed by atoms with Gasteiger partial charge in [-0.15, -0.1) is 0 Å².